The fourth-order valence-electron chi connectivity index (χ4n) is 3.14. The van der Waals surface area contributed by atoms with Gasteiger partial charge >= 0.3 is 0 Å². The Labute approximate surface area is 120 Å². The van der Waals surface area contributed by atoms with Crippen molar-refractivity contribution in [1.29, 1.82) is 0 Å². The second-order valence-corrected chi connectivity index (χ2v) is 5.81. The maximum absolute atomic E-state index is 12.0. The van der Waals surface area contributed by atoms with Crippen LogP contribution < -0.4 is 5.43 Å². The molecule has 106 valence electrons. The third-order valence-corrected chi connectivity index (χ3v) is 4.18. The molecule has 1 aromatic rings. The lowest BCUT2D eigenvalue weighted by atomic mass is 9.85. The highest BCUT2D eigenvalue weighted by Crippen LogP contribution is 2.30. The number of hydrazine groups is 1. The SMILES string of the molecule is O=C1C=C(NN2CCCCC2)CC(c2ccccc2)C1. The van der Waals surface area contributed by atoms with Crippen LogP contribution in [0, 0.1) is 0 Å². The minimum absolute atomic E-state index is 0.240. The number of hydrogen-bond acceptors (Lipinski definition) is 3. The van der Waals surface area contributed by atoms with Crippen molar-refractivity contribution in [1.82, 2.24) is 10.4 Å². The predicted molar refractivity (Wildman–Crippen MR) is 80.1 cm³/mol. The predicted octanol–water partition coefficient (Wildman–Crippen LogP) is 3.01. The van der Waals surface area contributed by atoms with E-state index in [0.717, 1.165) is 25.2 Å². The second kappa shape index (κ2) is 6.23. The van der Waals surface area contributed by atoms with Gasteiger partial charge < -0.3 is 5.43 Å². The first kappa shape index (κ1) is 13.4. The molecule has 1 aliphatic heterocycles. The van der Waals surface area contributed by atoms with Crippen LogP contribution >= 0.6 is 0 Å². The van der Waals surface area contributed by atoms with E-state index in [4.69, 9.17) is 0 Å². The molecule has 0 bridgehead atoms. The van der Waals surface area contributed by atoms with E-state index in [9.17, 15) is 4.79 Å². The van der Waals surface area contributed by atoms with Crippen LogP contribution in [0.5, 0.6) is 0 Å². The van der Waals surface area contributed by atoms with Crippen molar-refractivity contribution in [2.75, 3.05) is 13.1 Å². The first-order chi connectivity index (χ1) is 9.81. The highest BCUT2D eigenvalue weighted by Gasteiger charge is 2.23. The smallest absolute Gasteiger partial charge is 0.158 e. The van der Waals surface area contributed by atoms with Crippen LogP contribution in [-0.4, -0.2) is 23.9 Å². The molecule has 3 rings (SSSR count). The third-order valence-electron chi connectivity index (χ3n) is 4.18. The second-order valence-electron chi connectivity index (χ2n) is 5.81. The summed E-state index contributed by atoms with van der Waals surface area (Å²) in [6.07, 6.45) is 7.19. The summed E-state index contributed by atoms with van der Waals surface area (Å²) in [6.45, 7) is 2.17. The standard InChI is InChI=1S/C17H22N2O/c20-17-12-15(14-7-3-1-4-8-14)11-16(13-17)18-19-9-5-2-6-10-19/h1,3-4,7-8,13,15,18H,2,5-6,9-12H2. The van der Waals surface area contributed by atoms with Gasteiger partial charge in [0, 0.05) is 31.3 Å². The van der Waals surface area contributed by atoms with Crippen LogP contribution in [0.1, 0.15) is 43.6 Å². The number of nitrogens with zero attached hydrogens (tertiary/aromatic N) is 1. The highest BCUT2D eigenvalue weighted by atomic mass is 16.1. The molecule has 1 aliphatic carbocycles. The molecule has 20 heavy (non-hydrogen) atoms. The molecule has 0 radical (unpaired) electrons. The molecule has 1 atom stereocenters. The Morgan fingerprint density at radius 1 is 1.00 bits per heavy atom. The summed E-state index contributed by atoms with van der Waals surface area (Å²) in [7, 11) is 0. The van der Waals surface area contributed by atoms with Gasteiger partial charge in [-0.2, -0.15) is 0 Å². The zero-order chi connectivity index (χ0) is 13.8. The number of carbonyl (C=O) groups is 1. The number of ketones is 1. The number of allylic oxidation sites excluding steroid dienone is 2. The van der Waals surface area contributed by atoms with Gasteiger partial charge in [-0.1, -0.05) is 36.8 Å². The Hall–Kier alpha value is -1.61. The lowest BCUT2D eigenvalue weighted by molar-refractivity contribution is -0.115. The molecule has 0 amide bonds. The van der Waals surface area contributed by atoms with Crippen molar-refractivity contribution >= 4 is 5.78 Å². The maximum atomic E-state index is 12.0. The average molecular weight is 270 g/mol. The Morgan fingerprint density at radius 2 is 1.75 bits per heavy atom. The summed E-state index contributed by atoms with van der Waals surface area (Å²) in [5, 5.41) is 2.26. The number of carbonyl (C=O) groups excluding carboxylic acids is 1. The minimum Gasteiger partial charge on any atom is -0.323 e. The van der Waals surface area contributed by atoms with Gasteiger partial charge in [-0.15, -0.1) is 0 Å². The van der Waals surface area contributed by atoms with Crippen LogP contribution in [0.25, 0.3) is 0 Å². The summed E-state index contributed by atoms with van der Waals surface area (Å²) in [4.78, 5) is 12.0. The zero-order valence-electron chi connectivity index (χ0n) is 11.8. The number of nitrogens with one attached hydrogen (secondary N) is 1. The number of benzene rings is 1. The summed E-state index contributed by atoms with van der Waals surface area (Å²) in [6, 6.07) is 10.4. The minimum atomic E-state index is 0.240. The van der Waals surface area contributed by atoms with Gasteiger partial charge in [0.15, 0.2) is 5.78 Å². The van der Waals surface area contributed by atoms with E-state index in [1.165, 1.54) is 24.8 Å². The van der Waals surface area contributed by atoms with Gasteiger partial charge in [-0.3, -0.25) is 4.79 Å². The van der Waals surface area contributed by atoms with E-state index >= 15 is 0 Å². The number of rotatable bonds is 3. The third kappa shape index (κ3) is 3.28. The summed E-state index contributed by atoms with van der Waals surface area (Å²) in [5.74, 6) is 0.561. The molecule has 2 aliphatic rings. The first-order valence-corrected chi connectivity index (χ1v) is 7.61. The van der Waals surface area contributed by atoms with E-state index in [2.05, 4.69) is 34.7 Å². The van der Waals surface area contributed by atoms with Gasteiger partial charge in [0.25, 0.3) is 0 Å². The van der Waals surface area contributed by atoms with Crippen molar-refractivity contribution in [3.63, 3.8) is 0 Å². The summed E-state index contributed by atoms with van der Waals surface area (Å²) < 4.78 is 0. The normalized spacial score (nSPS) is 24.3. The summed E-state index contributed by atoms with van der Waals surface area (Å²) in [5.41, 5.74) is 5.81. The molecule has 1 saturated heterocycles. The average Bonchev–Trinajstić information content (AvgIpc) is 2.49. The Morgan fingerprint density at radius 3 is 2.50 bits per heavy atom. The Bertz CT molecular complexity index is 489. The lowest BCUT2D eigenvalue weighted by Crippen LogP contribution is -2.42. The Balaban J connectivity index is 1.67. The van der Waals surface area contributed by atoms with Crippen molar-refractivity contribution in [2.45, 2.75) is 38.0 Å². The van der Waals surface area contributed by atoms with Gasteiger partial charge in [0.05, 0.1) is 0 Å². The molecule has 0 aromatic heterocycles. The number of hydrogen-bond donors (Lipinski definition) is 1. The molecule has 0 saturated carbocycles. The fourth-order valence-corrected chi connectivity index (χ4v) is 3.14. The van der Waals surface area contributed by atoms with E-state index in [1.807, 2.05) is 6.07 Å². The van der Waals surface area contributed by atoms with Crippen LogP contribution in [0.4, 0.5) is 0 Å². The quantitative estimate of drug-likeness (QED) is 0.916. The fraction of sp³-hybridized carbons (Fsp3) is 0.471. The van der Waals surface area contributed by atoms with Crippen LogP contribution in [0.3, 0.4) is 0 Å². The van der Waals surface area contributed by atoms with Gasteiger partial charge in [-0.25, -0.2) is 5.01 Å². The molecule has 1 aromatic carbocycles. The molecule has 3 nitrogen and oxygen atoms in total. The largest absolute Gasteiger partial charge is 0.323 e. The van der Waals surface area contributed by atoms with Crippen molar-refractivity contribution in [3.8, 4) is 0 Å². The lowest BCUT2D eigenvalue weighted by Gasteiger charge is -2.31. The molecule has 1 N–H and O–H groups in total. The maximum Gasteiger partial charge on any atom is 0.158 e. The van der Waals surface area contributed by atoms with Crippen LogP contribution in [-0.2, 0) is 4.79 Å². The highest BCUT2D eigenvalue weighted by molar-refractivity contribution is 5.91. The van der Waals surface area contributed by atoms with Crippen LogP contribution in [0.2, 0.25) is 0 Å². The molecular weight excluding hydrogens is 248 g/mol. The monoisotopic (exact) mass is 270 g/mol. The van der Waals surface area contributed by atoms with E-state index in [1.54, 1.807) is 6.08 Å². The zero-order valence-corrected chi connectivity index (χ0v) is 11.8. The van der Waals surface area contributed by atoms with Crippen LogP contribution in [0.15, 0.2) is 42.1 Å². The topological polar surface area (TPSA) is 32.3 Å². The Kier molecular flexibility index (Phi) is 4.16. The van der Waals surface area contributed by atoms with E-state index in [-0.39, 0.29) is 5.78 Å². The molecule has 3 heteroatoms. The molecule has 0 spiro atoms. The van der Waals surface area contributed by atoms with Crippen molar-refractivity contribution < 1.29 is 4.79 Å². The summed E-state index contributed by atoms with van der Waals surface area (Å²) >= 11 is 0. The van der Waals surface area contributed by atoms with Gasteiger partial charge in [0.2, 0.25) is 0 Å². The molecule has 1 heterocycles. The first-order valence-electron chi connectivity index (χ1n) is 7.61. The molecular formula is C17H22N2O. The van der Waals surface area contributed by atoms with E-state index in [0.29, 0.717) is 12.3 Å². The van der Waals surface area contributed by atoms with Crippen molar-refractivity contribution in [3.05, 3.63) is 47.7 Å². The number of piperidine rings is 1. The van der Waals surface area contributed by atoms with Gasteiger partial charge in [-0.05, 0) is 30.7 Å². The van der Waals surface area contributed by atoms with E-state index < -0.39 is 0 Å². The molecule has 1 unspecified atom stereocenters. The van der Waals surface area contributed by atoms with Crippen molar-refractivity contribution in [2.24, 2.45) is 0 Å². The van der Waals surface area contributed by atoms with Gasteiger partial charge in [0.1, 0.15) is 0 Å². The molecule has 1 fully saturated rings.